The van der Waals surface area contributed by atoms with Crippen LogP contribution in [0, 0.1) is 0 Å². The molecule has 1 saturated heterocycles. The Labute approximate surface area is 163 Å². The molecule has 1 fully saturated rings. The van der Waals surface area contributed by atoms with Crippen LogP contribution in [-0.2, 0) is 11.3 Å². The number of hydrogen-bond acceptors (Lipinski definition) is 6. The average Bonchev–Trinajstić information content (AvgIpc) is 3.16. The first-order chi connectivity index (χ1) is 13.6. The number of carbonyl (C=O) groups is 2. The van der Waals surface area contributed by atoms with Crippen molar-refractivity contribution < 1.29 is 23.8 Å². The van der Waals surface area contributed by atoms with Gasteiger partial charge in [0.1, 0.15) is 5.75 Å². The summed E-state index contributed by atoms with van der Waals surface area (Å²) in [5.41, 5.74) is 1.58. The first-order valence-corrected chi connectivity index (χ1v) is 9.28. The molecule has 2 aliphatic rings. The van der Waals surface area contributed by atoms with Crippen LogP contribution < -0.4 is 14.2 Å². The topological polar surface area (TPSA) is 68.3 Å². The molecular formula is C21H22N2O5. The van der Waals surface area contributed by atoms with E-state index in [2.05, 4.69) is 4.90 Å². The second-order valence-corrected chi connectivity index (χ2v) is 6.85. The van der Waals surface area contributed by atoms with Crippen molar-refractivity contribution in [2.75, 3.05) is 33.0 Å². The molecule has 0 unspecified atom stereocenters. The third kappa shape index (κ3) is 3.94. The van der Waals surface area contributed by atoms with Crippen LogP contribution in [0.5, 0.6) is 17.2 Å². The second-order valence-electron chi connectivity index (χ2n) is 6.85. The number of rotatable bonds is 4. The van der Waals surface area contributed by atoms with E-state index in [1.165, 1.54) is 6.92 Å². The summed E-state index contributed by atoms with van der Waals surface area (Å²) in [4.78, 5) is 28.3. The fraction of sp³-hybridized carbons (Fsp3) is 0.333. The molecule has 28 heavy (non-hydrogen) atoms. The lowest BCUT2D eigenvalue weighted by molar-refractivity contribution is -0.131. The fourth-order valence-electron chi connectivity index (χ4n) is 3.46. The first kappa shape index (κ1) is 18.3. The van der Waals surface area contributed by atoms with Crippen molar-refractivity contribution in [1.29, 1.82) is 0 Å². The number of para-hydroxylation sites is 1. The van der Waals surface area contributed by atoms with E-state index in [1.807, 2.05) is 18.2 Å². The maximum atomic E-state index is 12.9. The Bertz CT molecular complexity index is 890. The fourth-order valence-corrected chi connectivity index (χ4v) is 3.46. The monoisotopic (exact) mass is 382 g/mol. The lowest BCUT2D eigenvalue weighted by Gasteiger charge is -2.35. The van der Waals surface area contributed by atoms with Crippen molar-refractivity contribution in [3.8, 4) is 17.2 Å². The predicted molar refractivity (Wildman–Crippen MR) is 101 cm³/mol. The summed E-state index contributed by atoms with van der Waals surface area (Å²) < 4.78 is 16.0. The molecule has 7 nitrogen and oxygen atoms in total. The molecule has 2 aromatic carbocycles. The van der Waals surface area contributed by atoms with Gasteiger partial charge in [0.15, 0.2) is 11.5 Å². The molecule has 0 aliphatic carbocycles. The number of hydrogen-bond donors (Lipinski definition) is 0. The van der Waals surface area contributed by atoms with E-state index in [0.717, 1.165) is 36.7 Å². The standard InChI is InChI=1S/C21H22N2O5/c1-15(24)28-18-5-3-2-4-17(18)21(25)23-10-8-22(9-11-23)13-16-6-7-19-20(12-16)27-14-26-19/h2-7,12H,8-11,13-14H2,1H3. The third-order valence-corrected chi connectivity index (χ3v) is 4.87. The van der Waals surface area contributed by atoms with Gasteiger partial charge in [0, 0.05) is 39.6 Å². The van der Waals surface area contributed by atoms with Crippen LogP contribution in [0.2, 0.25) is 0 Å². The second kappa shape index (κ2) is 7.90. The van der Waals surface area contributed by atoms with Gasteiger partial charge in [-0.2, -0.15) is 0 Å². The van der Waals surface area contributed by atoms with E-state index in [1.54, 1.807) is 29.2 Å². The van der Waals surface area contributed by atoms with Gasteiger partial charge in [0.2, 0.25) is 6.79 Å². The van der Waals surface area contributed by atoms with E-state index >= 15 is 0 Å². The minimum atomic E-state index is -0.436. The highest BCUT2D eigenvalue weighted by Crippen LogP contribution is 2.33. The molecule has 0 atom stereocenters. The highest BCUT2D eigenvalue weighted by Gasteiger charge is 2.25. The van der Waals surface area contributed by atoms with E-state index in [9.17, 15) is 9.59 Å². The van der Waals surface area contributed by atoms with Crippen LogP contribution in [-0.4, -0.2) is 54.6 Å². The SMILES string of the molecule is CC(=O)Oc1ccccc1C(=O)N1CCN(Cc2ccc3c(c2)OCO3)CC1. The van der Waals surface area contributed by atoms with Crippen LogP contribution in [0.4, 0.5) is 0 Å². The molecule has 0 radical (unpaired) electrons. The quantitative estimate of drug-likeness (QED) is 0.597. The van der Waals surface area contributed by atoms with Crippen molar-refractivity contribution >= 4 is 11.9 Å². The van der Waals surface area contributed by atoms with Crippen molar-refractivity contribution in [3.05, 3.63) is 53.6 Å². The number of benzene rings is 2. The summed E-state index contributed by atoms with van der Waals surface area (Å²) in [6, 6.07) is 12.8. The molecule has 0 saturated carbocycles. The zero-order valence-electron chi connectivity index (χ0n) is 15.7. The molecule has 4 rings (SSSR count). The number of esters is 1. The molecular weight excluding hydrogens is 360 g/mol. The maximum absolute atomic E-state index is 12.9. The van der Waals surface area contributed by atoms with Crippen LogP contribution in [0.15, 0.2) is 42.5 Å². The smallest absolute Gasteiger partial charge is 0.308 e. The van der Waals surface area contributed by atoms with Crippen molar-refractivity contribution in [2.24, 2.45) is 0 Å². The van der Waals surface area contributed by atoms with Gasteiger partial charge in [-0.1, -0.05) is 18.2 Å². The Morgan fingerprint density at radius 1 is 1.00 bits per heavy atom. The molecule has 0 N–H and O–H groups in total. The summed E-state index contributed by atoms with van der Waals surface area (Å²) in [7, 11) is 0. The Morgan fingerprint density at radius 3 is 2.54 bits per heavy atom. The molecule has 146 valence electrons. The van der Waals surface area contributed by atoms with E-state index in [-0.39, 0.29) is 12.7 Å². The number of piperazine rings is 1. The van der Waals surface area contributed by atoms with Crippen LogP contribution in [0.25, 0.3) is 0 Å². The Hall–Kier alpha value is -3.06. The van der Waals surface area contributed by atoms with Crippen molar-refractivity contribution in [2.45, 2.75) is 13.5 Å². The average molecular weight is 382 g/mol. The Balaban J connectivity index is 1.36. The molecule has 0 aromatic heterocycles. The molecule has 7 heteroatoms. The Morgan fingerprint density at radius 2 is 1.75 bits per heavy atom. The predicted octanol–water partition coefficient (Wildman–Crippen LogP) is 2.30. The zero-order valence-corrected chi connectivity index (χ0v) is 15.7. The lowest BCUT2D eigenvalue weighted by atomic mass is 10.1. The van der Waals surface area contributed by atoms with Gasteiger partial charge in [-0.3, -0.25) is 14.5 Å². The Kier molecular flexibility index (Phi) is 5.16. The van der Waals surface area contributed by atoms with Gasteiger partial charge in [-0.15, -0.1) is 0 Å². The highest BCUT2D eigenvalue weighted by atomic mass is 16.7. The van der Waals surface area contributed by atoms with Gasteiger partial charge < -0.3 is 19.1 Å². The van der Waals surface area contributed by atoms with E-state index in [4.69, 9.17) is 14.2 Å². The summed E-state index contributed by atoms with van der Waals surface area (Å²) in [5.74, 6) is 1.33. The molecule has 2 aromatic rings. The van der Waals surface area contributed by atoms with Gasteiger partial charge in [-0.25, -0.2) is 0 Å². The molecule has 0 spiro atoms. The third-order valence-electron chi connectivity index (χ3n) is 4.87. The summed E-state index contributed by atoms with van der Waals surface area (Å²) in [5, 5.41) is 0. The molecule has 2 heterocycles. The minimum absolute atomic E-state index is 0.112. The molecule has 0 bridgehead atoms. The summed E-state index contributed by atoms with van der Waals surface area (Å²) in [6.45, 7) is 5.19. The van der Waals surface area contributed by atoms with Gasteiger partial charge in [-0.05, 0) is 29.8 Å². The van der Waals surface area contributed by atoms with Crippen LogP contribution >= 0.6 is 0 Å². The lowest BCUT2D eigenvalue weighted by Crippen LogP contribution is -2.48. The number of amides is 1. The zero-order chi connectivity index (χ0) is 19.5. The number of fused-ring (bicyclic) bond motifs is 1. The van der Waals surface area contributed by atoms with Crippen LogP contribution in [0.1, 0.15) is 22.8 Å². The van der Waals surface area contributed by atoms with Gasteiger partial charge >= 0.3 is 5.97 Å². The summed E-state index contributed by atoms with van der Waals surface area (Å²) in [6.07, 6.45) is 0. The maximum Gasteiger partial charge on any atom is 0.308 e. The van der Waals surface area contributed by atoms with Gasteiger partial charge in [0.25, 0.3) is 5.91 Å². The number of carbonyl (C=O) groups excluding carboxylic acids is 2. The van der Waals surface area contributed by atoms with E-state index < -0.39 is 5.97 Å². The first-order valence-electron chi connectivity index (χ1n) is 9.28. The van der Waals surface area contributed by atoms with Gasteiger partial charge in [0.05, 0.1) is 5.56 Å². The number of nitrogens with zero attached hydrogens (tertiary/aromatic N) is 2. The van der Waals surface area contributed by atoms with Crippen molar-refractivity contribution in [3.63, 3.8) is 0 Å². The van der Waals surface area contributed by atoms with Crippen LogP contribution in [0.3, 0.4) is 0 Å². The van der Waals surface area contributed by atoms with E-state index in [0.29, 0.717) is 24.4 Å². The summed E-state index contributed by atoms with van der Waals surface area (Å²) >= 11 is 0. The highest BCUT2D eigenvalue weighted by molar-refractivity contribution is 5.97. The largest absolute Gasteiger partial charge is 0.454 e. The minimum Gasteiger partial charge on any atom is -0.454 e. The molecule has 1 amide bonds. The number of ether oxygens (including phenoxy) is 3. The normalized spacial score (nSPS) is 16.1. The molecule has 2 aliphatic heterocycles. The van der Waals surface area contributed by atoms with Crippen molar-refractivity contribution in [1.82, 2.24) is 9.80 Å².